The van der Waals surface area contributed by atoms with E-state index in [1.54, 1.807) is 12.1 Å². The van der Waals surface area contributed by atoms with Crippen LogP contribution in [0.5, 0.6) is 0 Å². The Morgan fingerprint density at radius 3 is 2.71 bits per heavy atom. The highest BCUT2D eigenvalue weighted by molar-refractivity contribution is 5.95. The Kier molecular flexibility index (Phi) is 3.22. The minimum absolute atomic E-state index is 0.404. The van der Waals surface area contributed by atoms with Crippen molar-refractivity contribution in [3.05, 3.63) is 23.8 Å². The summed E-state index contributed by atoms with van der Waals surface area (Å²) in [5.41, 5.74) is 13.5. The molecule has 0 atom stereocenters. The van der Waals surface area contributed by atoms with Gasteiger partial charge in [0.15, 0.2) is 0 Å². The van der Waals surface area contributed by atoms with Crippen LogP contribution in [-0.2, 0) is 0 Å². The van der Waals surface area contributed by atoms with Crippen LogP contribution < -0.4 is 16.4 Å². The third kappa shape index (κ3) is 2.52. The number of nitrogen functional groups attached to an aromatic ring is 1. The lowest BCUT2D eigenvalue weighted by Gasteiger charge is -2.26. The lowest BCUT2D eigenvalue weighted by molar-refractivity contribution is 0.100. The molecule has 2 rings (SSSR count). The van der Waals surface area contributed by atoms with E-state index in [1.165, 1.54) is 12.8 Å². The zero-order chi connectivity index (χ0) is 12.4. The van der Waals surface area contributed by atoms with Crippen LogP contribution in [0.4, 0.5) is 11.4 Å². The Balaban J connectivity index is 2.33. The molecule has 0 radical (unpaired) electrons. The minimum Gasteiger partial charge on any atom is -0.397 e. The molecule has 1 fully saturated rings. The van der Waals surface area contributed by atoms with Gasteiger partial charge in [-0.05, 0) is 37.5 Å². The molecule has 0 unspecified atom stereocenters. The van der Waals surface area contributed by atoms with E-state index in [0.717, 1.165) is 24.3 Å². The summed E-state index contributed by atoms with van der Waals surface area (Å²) in [5, 5.41) is 0. The van der Waals surface area contributed by atoms with Gasteiger partial charge in [-0.1, -0.05) is 6.92 Å². The van der Waals surface area contributed by atoms with Crippen molar-refractivity contribution in [3.8, 4) is 0 Å². The van der Waals surface area contributed by atoms with Crippen molar-refractivity contribution in [1.29, 1.82) is 0 Å². The molecule has 0 heterocycles. The number of carbonyl (C=O) groups is 1. The number of carbonyl (C=O) groups excluding carboxylic acids is 1. The van der Waals surface area contributed by atoms with Gasteiger partial charge in [0.2, 0.25) is 5.91 Å². The van der Waals surface area contributed by atoms with Gasteiger partial charge in [0.25, 0.3) is 0 Å². The lowest BCUT2D eigenvalue weighted by atomic mass is 10.1. The van der Waals surface area contributed by atoms with Crippen LogP contribution in [0, 0.1) is 0 Å². The van der Waals surface area contributed by atoms with Crippen molar-refractivity contribution in [1.82, 2.24) is 0 Å². The van der Waals surface area contributed by atoms with Gasteiger partial charge in [0.1, 0.15) is 0 Å². The molecule has 1 amide bonds. The highest BCUT2D eigenvalue weighted by atomic mass is 16.1. The van der Waals surface area contributed by atoms with Crippen LogP contribution in [0.25, 0.3) is 0 Å². The van der Waals surface area contributed by atoms with Crippen molar-refractivity contribution in [2.24, 2.45) is 5.73 Å². The summed E-state index contributed by atoms with van der Waals surface area (Å²) in [7, 11) is 0. The van der Waals surface area contributed by atoms with Crippen molar-refractivity contribution < 1.29 is 4.79 Å². The standard InChI is InChI=1S/C13H19N3O/c1-2-7-16(10-4-5-10)12-8-9(13(15)17)3-6-11(12)14/h3,6,8,10H,2,4-5,7,14H2,1H3,(H2,15,17). The predicted octanol–water partition coefficient (Wildman–Crippen LogP) is 1.75. The van der Waals surface area contributed by atoms with Gasteiger partial charge in [-0.3, -0.25) is 4.79 Å². The molecule has 0 saturated heterocycles. The normalized spacial score (nSPS) is 14.6. The maximum atomic E-state index is 11.2. The predicted molar refractivity (Wildman–Crippen MR) is 70.0 cm³/mol. The molecule has 4 heteroatoms. The summed E-state index contributed by atoms with van der Waals surface area (Å²) >= 11 is 0. The van der Waals surface area contributed by atoms with Gasteiger partial charge in [0, 0.05) is 18.2 Å². The average molecular weight is 233 g/mol. The van der Waals surface area contributed by atoms with E-state index in [4.69, 9.17) is 11.5 Å². The van der Waals surface area contributed by atoms with E-state index in [2.05, 4.69) is 11.8 Å². The fourth-order valence-electron chi connectivity index (χ4n) is 2.07. The number of nitrogens with zero attached hydrogens (tertiary/aromatic N) is 1. The Bertz CT molecular complexity index is 427. The Labute approximate surface area is 102 Å². The quantitative estimate of drug-likeness (QED) is 0.761. The second-order valence-corrected chi connectivity index (χ2v) is 4.56. The highest BCUT2D eigenvalue weighted by Gasteiger charge is 2.29. The van der Waals surface area contributed by atoms with E-state index in [0.29, 0.717) is 11.6 Å². The van der Waals surface area contributed by atoms with Gasteiger partial charge in [-0.25, -0.2) is 0 Å². The first-order valence-corrected chi connectivity index (χ1v) is 6.09. The molecule has 0 aliphatic heterocycles. The van der Waals surface area contributed by atoms with Crippen LogP contribution in [0.3, 0.4) is 0 Å². The smallest absolute Gasteiger partial charge is 0.248 e. The molecule has 1 aliphatic rings. The fraction of sp³-hybridized carbons (Fsp3) is 0.462. The first-order valence-electron chi connectivity index (χ1n) is 6.09. The van der Waals surface area contributed by atoms with Crippen LogP contribution >= 0.6 is 0 Å². The highest BCUT2D eigenvalue weighted by Crippen LogP contribution is 2.35. The Hall–Kier alpha value is -1.71. The largest absolute Gasteiger partial charge is 0.397 e. The van der Waals surface area contributed by atoms with Gasteiger partial charge < -0.3 is 16.4 Å². The average Bonchev–Trinajstić information content (AvgIpc) is 3.10. The molecule has 0 aromatic heterocycles. The summed E-state index contributed by atoms with van der Waals surface area (Å²) in [4.78, 5) is 13.5. The molecule has 17 heavy (non-hydrogen) atoms. The Morgan fingerprint density at radius 1 is 1.47 bits per heavy atom. The zero-order valence-electron chi connectivity index (χ0n) is 10.1. The molecule has 0 bridgehead atoms. The molecule has 0 spiro atoms. The van der Waals surface area contributed by atoms with Crippen molar-refractivity contribution in [2.75, 3.05) is 17.2 Å². The molecular formula is C13H19N3O. The zero-order valence-corrected chi connectivity index (χ0v) is 10.1. The van der Waals surface area contributed by atoms with Crippen LogP contribution in [0.1, 0.15) is 36.5 Å². The number of primary amides is 1. The molecule has 1 saturated carbocycles. The summed E-state index contributed by atoms with van der Waals surface area (Å²) in [6, 6.07) is 5.84. The molecule has 4 N–H and O–H groups in total. The first-order chi connectivity index (χ1) is 8.13. The van der Waals surface area contributed by atoms with E-state index < -0.39 is 5.91 Å². The minimum atomic E-state index is -0.404. The maximum absolute atomic E-state index is 11.2. The SMILES string of the molecule is CCCN(c1cc(C(N)=O)ccc1N)C1CC1. The number of nitrogens with two attached hydrogens (primary N) is 2. The molecule has 92 valence electrons. The molecule has 1 aliphatic carbocycles. The third-order valence-corrected chi connectivity index (χ3v) is 3.08. The number of amides is 1. The van der Waals surface area contributed by atoms with E-state index in [-0.39, 0.29) is 0 Å². The molecular weight excluding hydrogens is 214 g/mol. The molecule has 4 nitrogen and oxygen atoms in total. The molecule has 1 aromatic carbocycles. The van der Waals surface area contributed by atoms with Crippen molar-refractivity contribution >= 4 is 17.3 Å². The number of hydrogen-bond acceptors (Lipinski definition) is 3. The summed E-state index contributed by atoms with van der Waals surface area (Å²) in [6.45, 7) is 3.11. The summed E-state index contributed by atoms with van der Waals surface area (Å²) in [5.74, 6) is -0.404. The number of hydrogen-bond donors (Lipinski definition) is 2. The Morgan fingerprint density at radius 2 is 2.18 bits per heavy atom. The third-order valence-electron chi connectivity index (χ3n) is 3.08. The monoisotopic (exact) mass is 233 g/mol. The van der Waals surface area contributed by atoms with Crippen molar-refractivity contribution in [3.63, 3.8) is 0 Å². The first kappa shape index (κ1) is 11.8. The number of rotatable bonds is 5. The second kappa shape index (κ2) is 4.65. The number of benzene rings is 1. The van der Waals surface area contributed by atoms with Gasteiger partial charge in [-0.15, -0.1) is 0 Å². The number of anilines is 2. The van der Waals surface area contributed by atoms with E-state index in [9.17, 15) is 4.79 Å². The van der Waals surface area contributed by atoms with Gasteiger partial charge in [0.05, 0.1) is 11.4 Å². The van der Waals surface area contributed by atoms with Gasteiger partial charge >= 0.3 is 0 Å². The topological polar surface area (TPSA) is 72.3 Å². The van der Waals surface area contributed by atoms with Crippen molar-refractivity contribution in [2.45, 2.75) is 32.2 Å². The second-order valence-electron chi connectivity index (χ2n) is 4.56. The summed E-state index contributed by atoms with van der Waals surface area (Å²) < 4.78 is 0. The van der Waals surface area contributed by atoms with Crippen LogP contribution in [-0.4, -0.2) is 18.5 Å². The lowest BCUT2D eigenvalue weighted by Crippen LogP contribution is -2.27. The summed E-state index contributed by atoms with van der Waals surface area (Å²) in [6.07, 6.45) is 3.48. The van der Waals surface area contributed by atoms with Crippen LogP contribution in [0.15, 0.2) is 18.2 Å². The molecule has 1 aromatic rings. The fourth-order valence-corrected chi connectivity index (χ4v) is 2.07. The van der Waals surface area contributed by atoms with E-state index in [1.807, 2.05) is 6.07 Å². The van der Waals surface area contributed by atoms with Crippen LogP contribution in [0.2, 0.25) is 0 Å². The van der Waals surface area contributed by atoms with E-state index >= 15 is 0 Å². The maximum Gasteiger partial charge on any atom is 0.248 e. The van der Waals surface area contributed by atoms with Gasteiger partial charge in [-0.2, -0.15) is 0 Å².